The van der Waals surface area contributed by atoms with Crippen LogP contribution in [0.5, 0.6) is 6.01 Å². The summed E-state index contributed by atoms with van der Waals surface area (Å²) in [5, 5.41) is 2.93. The second kappa shape index (κ2) is 6.01. The van der Waals surface area contributed by atoms with Gasteiger partial charge >= 0.3 is 6.01 Å². The van der Waals surface area contributed by atoms with Gasteiger partial charge in [0.2, 0.25) is 11.9 Å². The molecule has 2 rings (SSSR count). The molecule has 19 heavy (non-hydrogen) atoms. The Kier molecular flexibility index (Phi) is 4.36. The van der Waals surface area contributed by atoms with Gasteiger partial charge in [0, 0.05) is 13.6 Å². The van der Waals surface area contributed by atoms with Gasteiger partial charge in [0.1, 0.15) is 0 Å². The van der Waals surface area contributed by atoms with E-state index >= 15 is 0 Å². The summed E-state index contributed by atoms with van der Waals surface area (Å²) in [6.45, 7) is 8.12. The lowest BCUT2D eigenvalue weighted by molar-refractivity contribution is 0.0978. The summed E-state index contributed by atoms with van der Waals surface area (Å²) < 4.78 is 11.0. The minimum atomic E-state index is 0.0297. The van der Waals surface area contributed by atoms with Crippen molar-refractivity contribution in [2.45, 2.75) is 32.9 Å². The normalized spacial score (nSPS) is 19.6. The number of nitrogens with zero attached hydrogens (tertiary/aromatic N) is 4. The predicted octanol–water partition coefficient (Wildman–Crippen LogP) is 0.926. The molecule has 1 N–H and O–H groups in total. The van der Waals surface area contributed by atoms with Gasteiger partial charge < -0.3 is 19.7 Å². The van der Waals surface area contributed by atoms with Gasteiger partial charge in [0.05, 0.1) is 25.4 Å². The van der Waals surface area contributed by atoms with Gasteiger partial charge in [-0.05, 0) is 20.8 Å². The van der Waals surface area contributed by atoms with Crippen molar-refractivity contribution in [2.75, 3.05) is 37.0 Å². The molecular weight excluding hydrogens is 246 g/mol. The third-order valence-electron chi connectivity index (χ3n) is 2.79. The molecule has 1 aliphatic heterocycles. The molecule has 1 fully saturated rings. The third-order valence-corrected chi connectivity index (χ3v) is 2.79. The molecule has 0 aliphatic carbocycles. The molecule has 0 radical (unpaired) electrons. The number of rotatable bonds is 4. The van der Waals surface area contributed by atoms with E-state index in [-0.39, 0.29) is 12.1 Å². The second-order valence-electron chi connectivity index (χ2n) is 4.78. The number of morpholine rings is 1. The Bertz CT molecular complexity index is 427. The average molecular weight is 267 g/mol. The minimum Gasteiger partial charge on any atom is -0.461 e. The maximum Gasteiger partial charge on any atom is 0.323 e. The van der Waals surface area contributed by atoms with Crippen molar-refractivity contribution in [2.24, 2.45) is 0 Å². The van der Waals surface area contributed by atoms with Gasteiger partial charge in [-0.25, -0.2) is 0 Å². The van der Waals surface area contributed by atoms with Crippen molar-refractivity contribution < 1.29 is 9.47 Å². The lowest BCUT2D eigenvalue weighted by Crippen LogP contribution is -2.44. The summed E-state index contributed by atoms with van der Waals surface area (Å²) in [6, 6.07) is 0.593. The highest BCUT2D eigenvalue weighted by molar-refractivity contribution is 5.39. The predicted molar refractivity (Wildman–Crippen MR) is 72.8 cm³/mol. The highest BCUT2D eigenvalue weighted by Gasteiger charge is 2.23. The second-order valence-corrected chi connectivity index (χ2v) is 4.78. The van der Waals surface area contributed by atoms with E-state index in [1.54, 1.807) is 7.05 Å². The first-order valence-corrected chi connectivity index (χ1v) is 6.55. The number of ether oxygens (including phenoxy) is 2. The van der Waals surface area contributed by atoms with Gasteiger partial charge in [-0.2, -0.15) is 15.0 Å². The molecule has 1 atom stereocenters. The van der Waals surface area contributed by atoms with E-state index in [1.165, 1.54) is 0 Å². The van der Waals surface area contributed by atoms with E-state index in [2.05, 4.69) is 32.1 Å². The molecule has 1 aromatic heterocycles. The Hall–Kier alpha value is -1.63. The van der Waals surface area contributed by atoms with Crippen LogP contribution in [0.2, 0.25) is 0 Å². The zero-order valence-electron chi connectivity index (χ0n) is 11.9. The topological polar surface area (TPSA) is 72.4 Å². The molecular formula is C12H21N5O2. The minimum absolute atomic E-state index is 0.0297. The molecule has 0 bridgehead atoms. The monoisotopic (exact) mass is 267 g/mol. The van der Waals surface area contributed by atoms with E-state index in [9.17, 15) is 0 Å². The number of nitrogens with one attached hydrogen (secondary N) is 1. The van der Waals surface area contributed by atoms with Crippen molar-refractivity contribution in [3.63, 3.8) is 0 Å². The Balaban J connectivity index is 2.27. The number of hydrogen-bond donors (Lipinski definition) is 1. The maximum atomic E-state index is 5.56. The molecule has 106 valence electrons. The highest BCUT2D eigenvalue weighted by Crippen LogP contribution is 2.19. The van der Waals surface area contributed by atoms with E-state index in [4.69, 9.17) is 9.47 Å². The first-order chi connectivity index (χ1) is 9.10. The van der Waals surface area contributed by atoms with Crippen LogP contribution in [0.4, 0.5) is 11.9 Å². The van der Waals surface area contributed by atoms with Gasteiger partial charge in [0.15, 0.2) is 0 Å². The summed E-state index contributed by atoms with van der Waals surface area (Å²) in [5.41, 5.74) is 0. The van der Waals surface area contributed by atoms with Crippen LogP contribution >= 0.6 is 0 Å². The smallest absolute Gasteiger partial charge is 0.323 e. The average Bonchev–Trinajstić information content (AvgIpc) is 2.38. The van der Waals surface area contributed by atoms with Crippen LogP contribution in [0.3, 0.4) is 0 Å². The van der Waals surface area contributed by atoms with Crippen molar-refractivity contribution in [3.8, 4) is 6.01 Å². The molecule has 1 aliphatic rings. The molecule has 0 amide bonds. The Labute approximate surface area is 113 Å². The summed E-state index contributed by atoms with van der Waals surface area (Å²) in [6.07, 6.45) is 0.0297. The molecule has 0 saturated carbocycles. The third kappa shape index (κ3) is 3.44. The van der Waals surface area contributed by atoms with Crippen molar-refractivity contribution in [3.05, 3.63) is 0 Å². The zero-order chi connectivity index (χ0) is 13.8. The number of hydrogen-bond acceptors (Lipinski definition) is 7. The first-order valence-electron chi connectivity index (χ1n) is 6.55. The fourth-order valence-electron chi connectivity index (χ4n) is 1.87. The lowest BCUT2D eigenvalue weighted by atomic mass is 10.3. The summed E-state index contributed by atoms with van der Waals surface area (Å²) in [5.74, 6) is 1.14. The van der Waals surface area contributed by atoms with Crippen LogP contribution in [0, 0.1) is 0 Å². The quantitative estimate of drug-likeness (QED) is 0.869. The van der Waals surface area contributed by atoms with Crippen LogP contribution in [0.25, 0.3) is 0 Å². The van der Waals surface area contributed by atoms with Crippen LogP contribution in [-0.2, 0) is 4.74 Å². The Morgan fingerprint density at radius 1 is 1.37 bits per heavy atom. The fourth-order valence-corrected chi connectivity index (χ4v) is 1.87. The molecule has 0 aromatic carbocycles. The molecule has 1 unspecified atom stereocenters. The summed E-state index contributed by atoms with van der Waals surface area (Å²) >= 11 is 0. The van der Waals surface area contributed by atoms with Gasteiger partial charge in [0.25, 0.3) is 0 Å². The van der Waals surface area contributed by atoms with Crippen molar-refractivity contribution in [1.29, 1.82) is 0 Å². The van der Waals surface area contributed by atoms with Gasteiger partial charge in [-0.1, -0.05) is 0 Å². The first kappa shape index (κ1) is 13.8. The van der Waals surface area contributed by atoms with Crippen molar-refractivity contribution in [1.82, 2.24) is 15.0 Å². The lowest BCUT2D eigenvalue weighted by Gasteiger charge is -2.33. The van der Waals surface area contributed by atoms with E-state index in [1.807, 2.05) is 13.8 Å². The molecule has 1 saturated heterocycles. The molecule has 7 heteroatoms. The fraction of sp³-hybridized carbons (Fsp3) is 0.750. The van der Waals surface area contributed by atoms with E-state index < -0.39 is 0 Å². The number of anilines is 2. The van der Waals surface area contributed by atoms with Crippen LogP contribution in [-0.4, -0.2) is 53.9 Å². The van der Waals surface area contributed by atoms with Crippen LogP contribution in [0.15, 0.2) is 0 Å². The van der Waals surface area contributed by atoms with Crippen LogP contribution in [0.1, 0.15) is 20.8 Å². The van der Waals surface area contributed by atoms with E-state index in [0.29, 0.717) is 31.1 Å². The molecule has 1 aromatic rings. The van der Waals surface area contributed by atoms with Gasteiger partial charge in [-0.15, -0.1) is 0 Å². The van der Waals surface area contributed by atoms with Crippen LogP contribution < -0.4 is 15.0 Å². The maximum absolute atomic E-state index is 5.56. The van der Waals surface area contributed by atoms with Gasteiger partial charge in [-0.3, -0.25) is 0 Å². The molecule has 2 heterocycles. The van der Waals surface area contributed by atoms with Crippen molar-refractivity contribution >= 4 is 11.9 Å². The largest absolute Gasteiger partial charge is 0.461 e. The molecule has 7 nitrogen and oxygen atoms in total. The Morgan fingerprint density at radius 2 is 2.16 bits per heavy atom. The number of aromatic nitrogens is 3. The molecule has 0 spiro atoms. The summed E-state index contributed by atoms with van der Waals surface area (Å²) in [4.78, 5) is 15.1. The summed E-state index contributed by atoms with van der Waals surface area (Å²) in [7, 11) is 1.78. The zero-order valence-corrected chi connectivity index (χ0v) is 11.9. The SMILES string of the molecule is CNc1nc(OC(C)C)nc(N2CCOCC2C)n1. The standard InChI is InChI=1S/C12H21N5O2/c1-8(2)19-12-15-10(13-4)14-11(16-12)17-5-6-18-7-9(17)3/h8-9H,5-7H2,1-4H3,(H,13,14,15,16). The Morgan fingerprint density at radius 3 is 2.79 bits per heavy atom. The van der Waals surface area contributed by atoms with E-state index in [0.717, 1.165) is 6.54 Å². The highest BCUT2D eigenvalue weighted by atomic mass is 16.5.